The topological polar surface area (TPSA) is 49.3 Å². The number of pyridine rings is 1. The van der Waals surface area contributed by atoms with Crippen molar-refractivity contribution in [3.8, 4) is 11.3 Å². The molecule has 0 aliphatic carbocycles. The second kappa shape index (κ2) is 5.74. The van der Waals surface area contributed by atoms with Crippen molar-refractivity contribution in [3.05, 3.63) is 48.2 Å². The maximum Gasteiger partial charge on any atom is 0.116 e. The van der Waals surface area contributed by atoms with Crippen LogP contribution in [0.2, 0.25) is 0 Å². The van der Waals surface area contributed by atoms with Gasteiger partial charge in [0.05, 0.1) is 18.8 Å². The molecule has 20 heavy (non-hydrogen) atoms. The number of rotatable bonds is 4. The highest BCUT2D eigenvalue weighted by molar-refractivity contribution is 5.89. The standard InChI is InChI=1S/C16H18N4/c1-12-5-4-8-19-16(12)13-6-2-3-7-14(13)20-11-15-17-9-10-18-15/h2-8,20H,9-11H2,1H3,(H,17,18). The molecule has 4 nitrogen and oxygen atoms in total. The first kappa shape index (κ1) is 12.7. The minimum atomic E-state index is 0.725. The van der Waals surface area contributed by atoms with Gasteiger partial charge < -0.3 is 10.6 Å². The van der Waals surface area contributed by atoms with E-state index >= 15 is 0 Å². The van der Waals surface area contributed by atoms with Crippen LogP contribution in [0.25, 0.3) is 11.3 Å². The molecule has 4 heteroatoms. The zero-order valence-corrected chi connectivity index (χ0v) is 11.6. The molecule has 0 bridgehead atoms. The Morgan fingerprint density at radius 2 is 2.10 bits per heavy atom. The molecule has 0 fully saturated rings. The number of amidine groups is 1. The van der Waals surface area contributed by atoms with Crippen LogP contribution in [-0.2, 0) is 0 Å². The zero-order chi connectivity index (χ0) is 13.8. The lowest BCUT2D eigenvalue weighted by Crippen LogP contribution is -2.26. The predicted molar refractivity (Wildman–Crippen MR) is 83.2 cm³/mol. The first-order chi connectivity index (χ1) is 9.84. The summed E-state index contributed by atoms with van der Waals surface area (Å²) in [6, 6.07) is 12.3. The maximum atomic E-state index is 4.50. The van der Waals surface area contributed by atoms with Gasteiger partial charge in [-0.3, -0.25) is 9.98 Å². The Morgan fingerprint density at radius 3 is 2.90 bits per heavy atom. The average molecular weight is 266 g/mol. The highest BCUT2D eigenvalue weighted by Crippen LogP contribution is 2.28. The summed E-state index contributed by atoms with van der Waals surface area (Å²) >= 11 is 0. The van der Waals surface area contributed by atoms with Gasteiger partial charge in [0.1, 0.15) is 5.84 Å². The van der Waals surface area contributed by atoms with Gasteiger partial charge in [-0.25, -0.2) is 0 Å². The molecule has 0 spiro atoms. The second-order valence-electron chi connectivity index (χ2n) is 4.82. The van der Waals surface area contributed by atoms with Gasteiger partial charge >= 0.3 is 0 Å². The highest BCUT2D eigenvalue weighted by Gasteiger charge is 2.09. The third-order valence-electron chi connectivity index (χ3n) is 3.38. The van der Waals surface area contributed by atoms with Crippen molar-refractivity contribution in [2.75, 3.05) is 25.0 Å². The fraction of sp³-hybridized carbons (Fsp3) is 0.250. The molecular formula is C16H18N4. The van der Waals surface area contributed by atoms with E-state index in [1.807, 2.05) is 24.4 Å². The number of para-hydroxylation sites is 1. The number of aliphatic imine (C=N–C) groups is 1. The van der Waals surface area contributed by atoms with E-state index in [-0.39, 0.29) is 0 Å². The van der Waals surface area contributed by atoms with Crippen LogP contribution in [0.3, 0.4) is 0 Å². The van der Waals surface area contributed by atoms with Gasteiger partial charge in [0, 0.05) is 24.0 Å². The Balaban J connectivity index is 1.86. The monoisotopic (exact) mass is 266 g/mol. The van der Waals surface area contributed by atoms with E-state index in [0.717, 1.165) is 42.4 Å². The molecule has 0 saturated carbocycles. The summed E-state index contributed by atoms with van der Waals surface area (Å²) in [6.07, 6.45) is 1.84. The smallest absolute Gasteiger partial charge is 0.116 e. The number of anilines is 1. The van der Waals surface area contributed by atoms with E-state index in [9.17, 15) is 0 Å². The van der Waals surface area contributed by atoms with Gasteiger partial charge in [-0.1, -0.05) is 24.3 Å². The first-order valence-electron chi connectivity index (χ1n) is 6.86. The lowest BCUT2D eigenvalue weighted by atomic mass is 10.0. The molecule has 102 valence electrons. The van der Waals surface area contributed by atoms with E-state index in [1.165, 1.54) is 5.56 Å². The number of hydrogen-bond acceptors (Lipinski definition) is 4. The normalized spacial score (nSPS) is 13.8. The Hall–Kier alpha value is -2.36. The summed E-state index contributed by atoms with van der Waals surface area (Å²) in [5.41, 5.74) is 4.42. The van der Waals surface area contributed by atoms with E-state index in [2.05, 4.69) is 45.7 Å². The summed E-state index contributed by atoms with van der Waals surface area (Å²) in [5.74, 6) is 1.03. The zero-order valence-electron chi connectivity index (χ0n) is 11.6. The Kier molecular flexibility index (Phi) is 3.63. The number of benzene rings is 1. The van der Waals surface area contributed by atoms with E-state index in [4.69, 9.17) is 0 Å². The lowest BCUT2D eigenvalue weighted by Gasteiger charge is -2.13. The fourth-order valence-corrected chi connectivity index (χ4v) is 2.36. The Bertz CT molecular complexity index is 634. The van der Waals surface area contributed by atoms with Crippen molar-refractivity contribution in [3.63, 3.8) is 0 Å². The molecule has 0 saturated heterocycles. The van der Waals surface area contributed by atoms with Gasteiger partial charge in [0.15, 0.2) is 0 Å². The maximum absolute atomic E-state index is 4.50. The van der Waals surface area contributed by atoms with Crippen LogP contribution in [0.1, 0.15) is 5.56 Å². The number of aryl methyl sites for hydroxylation is 1. The van der Waals surface area contributed by atoms with E-state index < -0.39 is 0 Å². The molecule has 1 aromatic carbocycles. The van der Waals surface area contributed by atoms with Crippen molar-refractivity contribution in [2.45, 2.75) is 6.92 Å². The van der Waals surface area contributed by atoms with Gasteiger partial charge in [0.2, 0.25) is 0 Å². The molecule has 2 N–H and O–H groups in total. The third-order valence-corrected chi connectivity index (χ3v) is 3.38. The van der Waals surface area contributed by atoms with Crippen LogP contribution in [-0.4, -0.2) is 30.5 Å². The number of aromatic nitrogens is 1. The summed E-state index contributed by atoms with van der Waals surface area (Å²) < 4.78 is 0. The third kappa shape index (κ3) is 2.64. The van der Waals surface area contributed by atoms with Crippen LogP contribution < -0.4 is 10.6 Å². The van der Waals surface area contributed by atoms with Gasteiger partial charge in [-0.2, -0.15) is 0 Å². The quantitative estimate of drug-likeness (QED) is 0.893. The van der Waals surface area contributed by atoms with Gasteiger partial charge in [-0.15, -0.1) is 0 Å². The van der Waals surface area contributed by atoms with Crippen LogP contribution in [0.5, 0.6) is 0 Å². The SMILES string of the molecule is Cc1cccnc1-c1ccccc1NCC1=NCCN1. The first-order valence-corrected chi connectivity index (χ1v) is 6.86. The number of hydrogen-bond donors (Lipinski definition) is 2. The van der Waals surface area contributed by atoms with Crippen LogP contribution in [0.15, 0.2) is 47.6 Å². The highest BCUT2D eigenvalue weighted by atomic mass is 15.1. The summed E-state index contributed by atoms with van der Waals surface area (Å²) in [7, 11) is 0. The summed E-state index contributed by atoms with van der Waals surface area (Å²) in [5, 5.41) is 6.72. The molecule has 0 radical (unpaired) electrons. The summed E-state index contributed by atoms with van der Waals surface area (Å²) in [4.78, 5) is 8.90. The van der Waals surface area contributed by atoms with E-state index in [1.54, 1.807) is 0 Å². The molecule has 3 rings (SSSR count). The molecule has 0 unspecified atom stereocenters. The largest absolute Gasteiger partial charge is 0.377 e. The van der Waals surface area contributed by atoms with Crippen molar-refractivity contribution >= 4 is 11.5 Å². The average Bonchev–Trinajstić information content (AvgIpc) is 2.99. The van der Waals surface area contributed by atoms with Crippen molar-refractivity contribution in [1.82, 2.24) is 10.3 Å². The molecule has 1 aliphatic heterocycles. The van der Waals surface area contributed by atoms with Crippen molar-refractivity contribution in [1.29, 1.82) is 0 Å². The molecular weight excluding hydrogens is 248 g/mol. The van der Waals surface area contributed by atoms with E-state index in [0.29, 0.717) is 0 Å². The minimum absolute atomic E-state index is 0.725. The number of nitrogens with one attached hydrogen (secondary N) is 2. The molecule has 0 amide bonds. The van der Waals surface area contributed by atoms with Gasteiger partial charge in [-0.05, 0) is 24.6 Å². The molecule has 2 heterocycles. The summed E-state index contributed by atoms with van der Waals surface area (Å²) in [6.45, 7) is 4.63. The lowest BCUT2D eigenvalue weighted by molar-refractivity contribution is 0.956. The Labute approximate surface area is 119 Å². The van der Waals surface area contributed by atoms with Crippen LogP contribution in [0.4, 0.5) is 5.69 Å². The van der Waals surface area contributed by atoms with Crippen LogP contribution in [0, 0.1) is 6.92 Å². The Morgan fingerprint density at radius 1 is 1.20 bits per heavy atom. The molecule has 0 atom stereocenters. The molecule has 1 aliphatic rings. The minimum Gasteiger partial charge on any atom is -0.377 e. The molecule has 2 aromatic rings. The van der Waals surface area contributed by atoms with Crippen molar-refractivity contribution < 1.29 is 0 Å². The predicted octanol–water partition coefficient (Wildman–Crippen LogP) is 2.47. The van der Waals surface area contributed by atoms with Gasteiger partial charge in [0.25, 0.3) is 0 Å². The van der Waals surface area contributed by atoms with Crippen LogP contribution >= 0.6 is 0 Å². The molecule has 1 aromatic heterocycles. The number of nitrogens with zero attached hydrogens (tertiary/aromatic N) is 2. The fourth-order valence-electron chi connectivity index (χ4n) is 2.36. The second-order valence-corrected chi connectivity index (χ2v) is 4.82. The van der Waals surface area contributed by atoms with Crippen molar-refractivity contribution in [2.24, 2.45) is 4.99 Å².